The van der Waals surface area contributed by atoms with Gasteiger partial charge < -0.3 is 39.4 Å². The summed E-state index contributed by atoms with van der Waals surface area (Å²) >= 11 is 0. The first-order chi connectivity index (χ1) is 34.4. The lowest BCUT2D eigenvalue weighted by molar-refractivity contribution is -0.305. The van der Waals surface area contributed by atoms with Gasteiger partial charge in [0.25, 0.3) is 0 Å². The fourth-order valence-corrected chi connectivity index (χ4v) is 9.90. The molecule has 1 heterocycles. The number of aliphatic hydroxyl groups is 4. The van der Waals surface area contributed by atoms with Gasteiger partial charge in [0.2, 0.25) is 0 Å². The van der Waals surface area contributed by atoms with Gasteiger partial charge in [0.05, 0.1) is 19.8 Å². The molecule has 1 saturated heterocycles. The Hall–Kier alpha value is -1.07. The number of esters is 1. The molecule has 0 aliphatic carbocycles. The zero-order valence-electron chi connectivity index (χ0n) is 46.3. The van der Waals surface area contributed by atoms with E-state index in [1.165, 1.54) is 257 Å². The fourth-order valence-electron chi connectivity index (χ4n) is 9.90. The maximum atomic E-state index is 12.9. The van der Waals surface area contributed by atoms with Crippen molar-refractivity contribution in [3.8, 4) is 0 Å². The Labute approximate surface area is 433 Å². The maximum Gasteiger partial charge on any atom is 0.306 e. The molecule has 4 N–H and O–H groups in total. The summed E-state index contributed by atoms with van der Waals surface area (Å²) in [7, 11) is 0. The molecule has 1 aliphatic rings. The van der Waals surface area contributed by atoms with Gasteiger partial charge in [-0.25, -0.2) is 0 Å². The first kappa shape index (κ1) is 66.9. The minimum absolute atomic E-state index is 0.107. The molecule has 6 unspecified atom stereocenters. The van der Waals surface area contributed by atoms with Crippen LogP contribution in [0.1, 0.15) is 309 Å². The Kier molecular flexibility index (Phi) is 50.5. The molecule has 6 atom stereocenters. The summed E-state index contributed by atoms with van der Waals surface area (Å²) in [6.07, 6.45) is 57.0. The summed E-state index contributed by atoms with van der Waals surface area (Å²) in [5, 5.41) is 40.4. The highest BCUT2D eigenvalue weighted by Crippen LogP contribution is 2.23. The number of ether oxygens (including phenoxy) is 4. The molecule has 0 aromatic carbocycles. The number of carbonyl (C=O) groups excluding carboxylic acids is 1. The van der Waals surface area contributed by atoms with Gasteiger partial charge >= 0.3 is 5.97 Å². The lowest BCUT2D eigenvalue weighted by atomic mass is 9.99. The fraction of sp³-hybridized carbons (Fsp3) is 0.951. The average molecular weight is 996 g/mol. The Morgan fingerprint density at radius 2 is 0.786 bits per heavy atom. The summed E-state index contributed by atoms with van der Waals surface area (Å²) in [5.41, 5.74) is 0. The van der Waals surface area contributed by atoms with Crippen LogP contribution < -0.4 is 0 Å². The molecule has 0 amide bonds. The van der Waals surface area contributed by atoms with Gasteiger partial charge in [-0.3, -0.25) is 4.79 Å². The molecule has 0 aromatic heterocycles. The van der Waals surface area contributed by atoms with Crippen LogP contribution in [-0.2, 0) is 23.7 Å². The largest absolute Gasteiger partial charge is 0.457 e. The van der Waals surface area contributed by atoms with Gasteiger partial charge in [-0.15, -0.1) is 0 Å². The molecule has 0 radical (unpaired) electrons. The van der Waals surface area contributed by atoms with E-state index in [0.29, 0.717) is 13.0 Å². The highest BCUT2D eigenvalue weighted by atomic mass is 16.7. The Balaban J connectivity index is 2.11. The monoisotopic (exact) mass is 995 g/mol. The highest BCUT2D eigenvalue weighted by molar-refractivity contribution is 5.69. The molecule has 1 fully saturated rings. The lowest BCUT2D eigenvalue weighted by Gasteiger charge is -2.39. The molecular weight excluding hydrogens is 877 g/mol. The van der Waals surface area contributed by atoms with Gasteiger partial charge in [0.15, 0.2) is 6.29 Å². The van der Waals surface area contributed by atoms with Crippen LogP contribution in [0.15, 0.2) is 12.2 Å². The lowest BCUT2D eigenvalue weighted by Crippen LogP contribution is -2.59. The zero-order chi connectivity index (χ0) is 50.6. The van der Waals surface area contributed by atoms with Crippen molar-refractivity contribution in [2.75, 3.05) is 26.4 Å². The van der Waals surface area contributed by atoms with Crippen molar-refractivity contribution in [3.05, 3.63) is 12.2 Å². The first-order valence-corrected chi connectivity index (χ1v) is 30.8. The van der Waals surface area contributed by atoms with Crippen LogP contribution in [0.4, 0.5) is 0 Å². The summed E-state index contributed by atoms with van der Waals surface area (Å²) < 4.78 is 23.0. The van der Waals surface area contributed by atoms with Gasteiger partial charge in [-0.05, 0) is 38.5 Å². The second-order valence-corrected chi connectivity index (χ2v) is 21.5. The zero-order valence-corrected chi connectivity index (χ0v) is 46.3. The third kappa shape index (κ3) is 42.3. The summed E-state index contributed by atoms with van der Waals surface area (Å²) in [6.45, 7) is 4.64. The van der Waals surface area contributed by atoms with E-state index >= 15 is 0 Å². The van der Waals surface area contributed by atoms with Gasteiger partial charge in [0, 0.05) is 13.0 Å². The maximum absolute atomic E-state index is 12.9. The summed E-state index contributed by atoms with van der Waals surface area (Å²) in [4.78, 5) is 12.9. The van der Waals surface area contributed by atoms with Crippen molar-refractivity contribution in [3.63, 3.8) is 0 Å². The van der Waals surface area contributed by atoms with Crippen molar-refractivity contribution in [1.29, 1.82) is 0 Å². The van der Waals surface area contributed by atoms with Crippen LogP contribution in [0.3, 0.4) is 0 Å². The molecule has 0 aromatic rings. The molecule has 9 nitrogen and oxygen atoms in total. The van der Waals surface area contributed by atoms with E-state index in [9.17, 15) is 25.2 Å². The molecule has 0 spiro atoms. The number of allylic oxidation sites excluding steroid dienone is 2. The van der Waals surface area contributed by atoms with Crippen molar-refractivity contribution >= 4 is 5.97 Å². The summed E-state index contributed by atoms with van der Waals surface area (Å²) in [6, 6.07) is 0. The second-order valence-electron chi connectivity index (χ2n) is 21.5. The molecule has 9 heteroatoms. The Morgan fingerprint density at radius 1 is 0.443 bits per heavy atom. The van der Waals surface area contributed by atoms with E-state index in [1.54, 1.807) is 0 Å². The number of rotatable bonds is 55. The number of aliphatic hydroxyl groups excluding tert-OH is 4. The quantitative estimate of drug-likeness (QED) is 0.0267. The number of carbonyl (C=O) groups is 1. The van der Waals surface area contributed by atoms with Crippen LogP contribution in [0.25, 0.3) is 0 Å². The molecule has 1 aliphatic heterocycles. The molecular formula is C61H118O9. The summed E-state index contributed by atoms with van der Waals surface area (Å²) in [5.74, 6) is -0.306. The van der Waals surface area contributed by atoms with Crippen LogP contribution in [-0.4, -0.2) is 89.6 Å². The number of unbranched alkanes of at least 4 members (excludes halogenated alkanes) is 42. The Morgan fingerprint density at radius 3 is 1.16 bits per heavy atom. The van der Waals surface area contributed by atoms with E-state index in [1.807, 2.05) is 0 Å². The Bertz CT molecular complexity index is 1090. The van der Waals surface area contributed by atoms with Crippen LogP contribution in [0.5, 0.6) is 0 Å². The van der Waals surface area contributed by atoms with E-state index < -0.39 is 43.4 Å². The van der Waals surface area contributed by atoms with Crippen molar-refractivity contribution in [2.45, 2.75) is 346 Å². The van der Waals surface area contributed by atoms with Gasteiger partial charge in [0.1, 0.15) is 30.5 Å². The van der Waals surface area contributed by atoms with E-state index in [0.717, 1.165) is 32.1 Å². The standard InChI is InChI=1S/C61H118O9/c1-3-5-7-9-11-13-15-17-19-21-23-25-27-29-31-33-35-37-39-41-43-45-47-49-51-67-53-55(54-68-61-60(66)59(65)58(64)56(52-62)70-61)69-57(63)50-48-46-44-42-40-38-36-34-32-30-28-26-24-22-20-18-16-14-12-10-8-6-4-2/h22,24,55-56,58-62,64-66H,3-21,23,25-54H2,1-2H3/b24-22-. The highest BCUT2D eigenvalue weighted by Gasteiger charge is 2.44. The second kappa shape index (κ2) is 52.8. The van der Waals surface area contributed by atoms with Crippen molar-refractivity contribution in [1.82, 2.24) is 0 Å². The van der Waals surface area contributed by atoms with Crippen LogP contribution in [0.2, 0.25) is 0 Å². The van der Waals surface area contributed by atoms with E-state index in [-0.39, 0.29) is 19.2 Å². The smallest absolute Gasteiger partial charge is 0.306 e. The van der Waals surface area contributed by atoms with Crippen LogP contribution in [0, 0.1) is 0 Å². The number of hydrogen-bond acceptors (Lipinski definition) is 9. The molecule has 0 bridgehead atoms. The third-order valence-electron chi connectivity index (χ3n) is 14.7. The topological polar surface area (TPSA) is 135 Å². The van der Waals surface area contributed by atoms with Crippen molar-refractivity contribution in [2.24, 2.45) is 0 Å². The molecule has 1 rings (SSSR count). The average Bonchev–Trinajstić information content (AvgIpc) is 3.36. The predicted molar refractivity (Wildman–Crippen MR) is 293 cm³/mol. The van der Waals surface area contributed by atoms with Gasteiger partial charge in [-0.1, -0.05) is 276 Å². The predicted octanol–water partition coefficient (Wildman–Crippen LogP) is 16.3. The van der Waals surface area contributed by atoms with Gasteiger partial charge in [-0.2, -0.15) is 0 Å². The first-order valence-electron chi connectivity index (χ1n) is 30.8. The molecule has 416 valence electrons. The van der Waals surface area contributed by atoms with Crippen LogP contribution >= 0.6 is 0 Å². The SMILES string of the molecule is CCCCCCCCCC/C=C\CCCCCCCCCCCCCC(=O)OC(COCCCCCCCCCCCCCCCCCCCCCCCCCC)COC1OC(CO)C(O)C(O)C1O. The minimum atomic E-state index is -1.53. The van der Waals surface area contributed by atoms with E-state index in [4.69, 9.17) is 18.9 Å². The third-order valence-corrected chi connectivity index (χ3v) is 14.7. The molecule has 70 heavy (non-hydrogen) atoms. The van der Waals surface area contributed by atoms with Crippen molar-refractivity contribution < 1.29 is 44.2 Å². The normalized spacial score (nSPS) is 18.9. The molecule has 0 saturated carbocycles. The number of hydrogen-bond donors (Lipinski definition) is 4. The van der Waals surface area contributed by atoms with E-state index in [2.05, 4.69) is 26.0 Å². The minimum Gasteiger partial charge on any atom is -0.457 e.